The largest absolute Gasteiger partial charge is 0.493 e. The maximum absolute atomic E-state index is 14.1. The summed E-state index contributed by atoms with van der Waals surface area (Å²) in [6.45, 7) is 0.381. The van der Waals surface area contributed by atoms with Crippen molar-refractivity contribution in [2.24, 2.45) is 0 Å². The topological polar surface area (TPSA) is 61.2 Å². The molecule has 34 heavy (non-hydrogen) atoms. The van der Waals surface area contributed by atoms with Crippen molar-refractivity contribution < 1.29 is 22.6 Å². The molecule has 0 radical (unpaired) electrons. The Labute approximate surface area is 198 Å². The van der Waals surface area contributed by atoms with Crippen LogP contribution in [0, 0.1) is 17.5 Å². The first kappa shape index (κ1) is 23.5. The lowest BCUT2D eigenvalue weighted by Crippen LogP contribution is -2.07. The molecule has 0 saturated carbocycles. The number of halogens is 3. The quantitative estimate of drug-likeness (QED) is 0.311. The number of thioether (sulfide) groups is 1. The maximum Gasteiger partial charge on any atom is 0.230 e. The van der Waals surface area contributed by atoms with E-state index in [1.807, 2.05) is 12.1 Å². The summed E-state index contributed by atoms with van der Waals surface area (Å²) < 4.78 is 54.0. The number of nitrogens with zero attached hydrogens (tertiary/aromatic N) is 3. The van der Waals surface area contributed by atoms with Crippen LogP contribution in [0.3, 0.4) is 0 Å². The number of ether oxygens (including phenoxy) is 2. The van der Waals surface area contributed by atoms with Crippen LogP contribution in [0.4, 0.5) is 19.1 Å². The van der Waals surface area contributed by atoms with E-state index in [0.29, 0.717) is 34.8 Å². The molecule has 4 aromatic rings. The zero-order valence-electron chi connectivity index (χ0n) is 18.4. The van der Waals surface area contributed by atoms with Gasteiger partial charge in [-0.1, -0.05) is 23.9 Å². The first-order valence-corrected chi connectivity index (χ1v) is 11.2. The zero-order chi connectivity index (χ0) is 24.1. The number of methoxy groups -OCH3 is 2. The van der Waals surface area contributed by atoms with Gasteiger partial charge in [-0.3, -0.25) is 4.57 Å². The van der Waals surface area contributed by atoms with E-state index in [2.05, 4.69) is 15.5 Å². The van der Waals surface area contributed by atoms with Gasteiger partial charge in [-0.05, 0) is 54.1 Å². The van der Waals surface area contributed by atoms with Crippen LogP contribution in [0.25, 0.3) is 5.69 Å². The van der Waals surface area contributed by atoms with E-state index < -0.39 is 11.6 Å². The Hall–Kier alpha value is -3.66. The molecule has 0 bridgehead atoms. The standard InChI is InChI=1S/C24H21F3N4O2S/c1-32-21-11-6-15(12-22(21)33-2)13-28-23-29-30-24(31(23)17-9-7-16(25)8-10-17)34-14-18-19(26)4-3-5-20(18)27/h3-12H,13-14H2,1-2H3,(H,28,29). The molecule has 0 amide bonds. The normalized spacial score (nSPS) is 10.9. The van der Waals surface area contributed by atoms with Crippen LogP contribution in [0.1, 0.15) is 11.1 Å². The Morgan fingerprint density at radius 3 is 2.26 bits per heavy atom. The lowest BCUT2D eigenvalue weighted by Gasteiger charge is -2.13. The lowest BCUT2D eigenvalue weighted by atomic mass is 10.2. The Balaban J connectivity index is 1.61. The van der Waals surface area contributed by atoms with Gasteiger partial charge < -0.3 is 14.8 Å². The summed E-state index contributed by atoms with van der Waals surface area (Å²) >= 11 is 1.12. The second-order valence-electron chi connectivity index (χ2n) is 7.15. The number of aromatic nitrogens is 3. The van der Waals surface area contributed by atoms with Gasteiger partial charge in [0.25, 0.3) is 0 Å². The molecule has 0 unspecified atom stereocenters. The molecule has 0 saturated heterocycles. The molecular formula is C24H21F3N4O2S. The van der Waals surface area contributed by atoms with Crippen molar-refractivity contribution in [3.05, 3.63) is 89.2 Å². The van der Waals surface area contributed by atoms with E-state index in [-0.39, 0.29) is 17.1 Å². The molecule has 10 heteroatoms. The maximum atomic E-state index is 14.1. The summed E-state index contributed by atoms with van der Waals surface area (Å²) in [7, 11) is 3.12. The number of anilines is 1. The predicted octanol–water partition coefficient (Wildman–Crippen LogP) is 5.61. The molecule has 1 N–H and O–H groups in total. The monoisotopic (exact) mass is 486 g/mol. The van der Waals surface area contributed by atoms with Gasteiger partial charge in [0.1, 0.15) is 17.5 Å². The van der Waals surface area contributed by atoms with Crippen molar-refractivity contribution in [1.29, 1.82) is 0 Å². The lowest BCUT2D eigenvalue weighted by molar-refractivity contribution is 0.354. The third kappa shape index (κ3) is 5.12. The van der Waals surface area contributed by atoms with Crippen molar-refractivity contribution in [3.63, 3.8) is 0 Å². The fraction of sp³-hybridized carbons (Fsp3) is 0.167. The number of rotatable bonds is 9. The van der Waals surface area contributed by atoms with Gasteiger partial charge in [-0.25, -0.2) is 13.2 Å². The molecule has 6 nitrogen and oxygen atoms in total. The van der Waals surface area contributed by atoms with Gasteiger partial charge in [0.2, 0.25) is 5.95 Å². The highest BCUT2D eigenvalue weighted by molar-refractivity contribution is 7.98. The highest BCUT2D eigenvalue weighted by Gasteiger charge is 2.17. The van der Waals surface area contributed by atoms with E-state index in [1.54, 1.807) is 37.0 Å². The fourth-order valence-corrected chi connectivity index (χ4v) is 4.25. The summed E-state index contributed by atoms with van der Waals surface area (Å²) in [6, 6.07) is 15.0. The third-order valence-electron chi connectivity index (χ3n) is 5.02. The molecule has 3 aromatic carbocycles. The van der Waals surface area contributed by atoms with E-state index in [9.17, 15) is 13.2 Å². The predicted molar refractivity (Wildman–Crippen MR) is 124 cm³/mol. The highest BCUT2D eigenvalue weighted by atomic mass is 32.2. The molecule has 0 aliphatic rings. The molecule has 176 valence electrons. The number of benzene rings is 3. The summed E-state index contributed by atoms with van der Waals surface area (Å²) in [6.07, 6.45) is 0. The van der Waals surface area contributed by atoms with Gasteiger partial charge in [-0.15, -0.1) is 10.2 Å². The van der Waals surface area contributed by atoms with Gasteiger partial charge in [0.05, 0.1) is 19.9 Å². The fourth-order valence-electron chi connectivity index (χ4n) is 3.28. The zero-order valence-corrected chi connectivity index (χ0v) is 19.2. The number of nitrogens with one attached hydrogen (secondary N) is 1. The average Bonchev–Trinajstić information content (AvgIpc) is 3.25. The van der Waals surface area contributed by atoms with Crippen LogP contribution in [0.5, 0.6) is 11.5 Å². The van der Waals surface area contributed by atoms with Crippen molar-refractivity contribution in [2.45, 2.75) is 17.5 Å². The summed E-state index contributed by atoms with van der Waals surface area (Å²) in [5.74, 6) is -0.0608. The van der Waals surface area contributed by atoms with Gasteiger partial charge >= 0.3 is 0 Å². The Morgan fingerprint density at radius 2 is 1.59 bits per heavy atom. The minimum atomic E-state index is -0.632. The number of hydrogen-bond donors (Lipinski definition) is 1. The van der Waals surface area contributed by atoms with E-state index in [0.717, 1.165) is 17.3 Å². The first-order valence-electron chi connectivity index (χ1n) is 10.2. The van der Waals surface area contributed by atoms with E-state index in [1.165, 1.54) is 30.3 Å². The van der Waals surface area contributed by atoms with Crippen LogP contribution < -0.4 is 14.8 Å². The molecule has 0 spiro atoms. The number of hydrogen-bond acceptors (Lipinski definition) is 6. The van der Waals surface area contributed by atoms with Gasteiger partial charge in [-0.2, -0.15) is 0 Å². The second-order valence-corrected chi connectivity index (χ2v) is 8.09. The molecule has 1 aromatic heterocycles. The average molecular weight is 487 g/mol. The Kier molecular flexibility index (Phi) is 7.27. The molecule has 0 aliphatic heterocycles. The van der Waals surface area contributed by atoms with Crippen molar-refractivity contribution in [3.8, 4) is 17.2 Å². The van der Waals surface area contributed by atoms with Crippen molar-refractivity contribution in [2.75, 3.05) is 19.5 Å². The SMILES string of the molecule is COc1ccc(CNc2nnc(SCc3c(F)cccc3F)n2-c2ccc(F)cc2)cc1OC. The van der Waals surface area contributed by atoms with Gasteiger partial charge in [0, 0.05) is 17.9 Å². The van der Waals surface area contributed by atoms with Crippen molar-refractivity contribution in [1.82, 2.24) is 14.8 Å². The van der Waals surface area contributed by atoms with Crippen LogP contribution >= 0.6 is 11.8 Å². The molecule has 4 rings (SSSR count). The molecule has 0 atom stereocenters. The van der Waals surface area contributed by atoms with Crippen molar-refractivity contribution >= 4 is 17.7 Å². The second kappa shape index (κ2) is 10.5. The smallest absolute Gasteiger partial charge is 0.230 e. The third-order valence-corrected chi connectivity index (χ3v) is 5.98. The molecular weight excluding hydrogens is 465 g/mol. The van der Waals surface area contributed by atoms with Gasteiger partial charge in [0.15, 0.2) is 16.7 Å². The van der Waals surface area contributed by atoms with E-state index in [4.69, 9.17) is 9.47 Å². The minimum absolute atomic E-state index is 0.00745. The van der Waals surface area contributed by atoms with E-state index >= 15 is 0 Å². The van der Waals surface area contributed by atoms with Crippen LogP contribution in [0.2, 0.25) is 0 Å². The summed E-state index contributed by atoms with van der Waals surface area (Å²) in [5, 5.41) is 12.0. The Morgan fingerprint density at radius 1 is 0.882 bits per heavy atom. The molecule has 0 fully saturated rings. The Bertz CT molecular complexity index is 1260. The molecule has 0 aliphatic carbocycles. The van der Waals surface area contributed by atoms with Crippen LogP contribution in [-0.4, -0.2) is 29.0 Å². The first-order chi connectivity index (χ1) is 16.5. The van der Waals surface area contributed by atoms with Crippen LogP contribution in [-0.2, 0) is 12.3 Å². The summed E-state index contributed by atoms with van der Waals surface area (Å²) in [5.41, 5.74) is 1.44. The highest BCUT2D eigenvalue weighted by Crippen LogP contribution is 2.30. The minimum Gasteiger partial charge on any atom is -0.493 e. The van der Waals surface area contributed by atoms with Crippen LogP contribution in [0.15, 0.2) is 65.8 Å². The molecule has 1 heterocycles. The summed E-state index contributed by atoms with van der Waals surface area (Å²) in [4.78, 5) is 0.